The van der Waals surface area contributed by atoms with Gasteiger partial charge in [0, 0.05) is 38.1 Å². The van der Waals surface area contributed by atoms with Crippen LogP contribution in [0.25, 0.3) is 0 Å². The number of nitrogens with zero attached hydrogens (tertiary/aromatic N) is 3. The minimum atomic E-state index is -5.08. The Balaban J connectivity index is 0.000000362. The first-order valence-electron chi connectivity index (χ1n) is 10.6. The zero-order chi connectivity index (χ0) is 26.9. The number of likely N-dealkylation sites (tertiary alicyclic amines) is 1. The maximum atomic E-state index is 10.6. The summed E-state index contributed by atoms with van der Waals surface area (Å²) in [5.41, 5.74) is 0.0897. The summed E-state index contributed by atoms with van der Waals surface area (Å²) < 4.78 is 69.9. The second-order valence-electron chi connectivity index (χ2n) is 8.19. The lowest BCUT2D eigenvalue weighted by Crippen LogP contribution is -2.45. The van der Waals surface area contributed by atoms with Crippen molar-refractivity contribution in [1.82, 2.24) is 14.9 Å². The van der Waals surface area contributed by atoms with Gasteiger partial charge in [-0.2, -0.15) is 26.3 Å². The van der Waals surface area contributed by atoms with Gasteiger partial charge in [0.1, 0.15) is 0 Å². The van der Waals surface area contributed by atoms with Crippen LogP contribution < -0.4 is 5.32 Å². The summed E-state index contributed by atoms with van der Waals surface area (Å²) in [7, 11) is 0. The molecule has 0 bridgehead atoms. The maximum Gasteiger partial charge on any atom is 0.490 e. The summed E-state index contributed by atoms with van der Waals surface area (Å²) in [6, 6.07) is 2.44. The topological polar surface area (TPSA) is 125 Å². The van der Waals surface area contributed by atoms with Gasteiger partial charge >= 0.3 is 24.3 Å². The molecule has 2 atom stereocenters. The molecule has 1 aromatic heterocycles. The van der Waals surface area contributed by atoms with Crippen LogP contribution in [-0.2, 0) is 14.3 Å². The third-order valence-corrected chi connectivity index (χ3v) is 5.19. The molecule has 0 aliphatic carbocycles. The van der Waals surface area contributed by atoms with Crippen molar-refractivity contribution in [3.8, 4) is 0 Å². The molecule has 2 fully saturated rings. The maximum absolute atomic E-state index is 10.6. The lowest BCUT2D eigenvalue weighted by molar-refractivity contribution is -0.193. The molecule has 3 heterocycles. The van der Waals surface area contributed by atoms with Crippen LogP contribution in [0.2, 0.25) is 0 Å². The molecule has 3 rings (SSSR count). The van der Waals surface area contributed by atoms with Crippen molar-refractivity contribution in [2.24, 2.45) is 0 Å². The van der Waals surface area contributed by atoms with E-state index in [1.54, 1.807) is 12.4 Å². The van der Waals surface area contributed by atoms with Crippen molar-refractivity contribution in [1.29, 1.82) is 0 Å². The molecule has 2 aliphatic rings. The predicted molar refractivity (Wildman–Crippen MR) is 111 cm³/mol. The van der Waals surface area contributed by atoms with Gasteiger partial charge in [-0.1, -0.05) is 0 Å². The molecule has 0 aromatic carbocycles. The van der Waals surface area contributed by atoms with Gasteiger partial charge in [0.2, 0.25) is 5.95 Å². The first kappa shape index (κ1) is 30.4. The fourth-order valence-electron chi connectivity index (χ4n) is 3.48. The van der Waals surface area contributed by atoms with Crippen molar-refractivity contribution in [2.75, 3.05) is 25.0 Å². The third-order valence-electron chi connectivity index (χ3n) is 5.19. The van der Waals surface area contributed by atoms with Crippen LogP contribution in [-0.4, -0.2) is 86.8 Å². The molecule has 0 saturated carbocycles. The summed E-state index contributed by atoms with van der Waals surface area (Å²) in [6.07, 6.45) is -1.61. The molecule has 1 aromatic rings. The van der Waals surface area contributed by atoms with E-state index in [-0.39, 0.29) is 11.7 Å². The number of carbonyl (C=O) groups is 2. The van der Waals surface area contributed by atoms with E-state index in [9.17, 15) is 26.3 Å². The summed E-state index contributed by atoms with van der Waals surface area (Å²) in [5.74, 6) is -4.82. The highest BCUT2D eigenvalue weighted by Crippen LogP contribution is 2.37. The van der Waals surface area contributed by atoms with Crippen molar-refractivity contribution < 1.29 is 50.9 Å². The van der Waals surface area contributed by atoms with E-state index < -0.39 is 24.3 Å². The van der Waals surface area contributed by atoms with Gasteiger partial charge in [0.25, 0.3) is 0 Å². The minimum absolute atomic E-state index is 0.0897. The Kier molecular flexibility index (Phi) is 11.2. The number of aliphatic carboxylic acids is 2. The van der Waals surface area contributed by atoms with Crippen molar-refractivity contribution >= 4 is 17.9 Å². The molecule has 15 heteroatoms. The van der Waals surface area contributed by atoms with Crippen LogP contribution in [0.15, 0.2) is 18.5 Å². The molecular formula is C20H28F6N4O5. The molecular weight excluding hydrogens is 490 g/mol. The molecule has 35 heavy (non-hydrogen) atoms. The average molecular weight is 518 g/mol. The smallest absolute Gasteiger partial charge is 0.475 e. The Labute approximate surface area is 197 Å². The number of halogens is 6. The van der Waals surface area contributed by atoms with E-state index >= 15 is 0 Å². The molecule has 2 aliphatic heterocycles. The van der Waals surface area contributed by atoms with Crippen LogP contribution >= 0.6 is 0 Å². The SMILES string of the molecule is CC(C)N1CC[C@]2(CCC[C@H](CNc3ncccn3)O2)C1.O=C(O)C(F)(F)F.O=C(O)C(F)(F)F. The van der Waals surface area contributed by atoms with Gasteiger partial charge in [0.05, 0.1) is 11.7 Å². The van der Waals surface area contributed by atoms with Gasteiger partial charge in [-0.3, -0.25) is 4.90 Å². The van der Waals surface area contributed by atoms with Gasteiger partial charge < -0.3 is 20.3 Å². The number of alkyl halides is 6. The fourth-order valence-corrected chi connectivity index (χ4v) is 3.48. The standard InChI is InChI=1S/C16H26N4O.2C2HF3O2/c1-13(2)20-10-7-16(12-20)6-3-5-14(21-16)11-19-15-17-8-4-9-18-15;2*3-2(4,5)1(6)7/h4,8-9,13-14H,3,5-7,10-12H2,1-2H3,(H,17,18,19);2*(H,6,7)/t14-,16-;;/m1../s1. The number of rotatable bonds is 4. The number of carboxylic acid groups (broad SMARTS) is 2. The first-order chi connectivity index (χ1) is 16.1. The van der Waals surface area contributed by atoms with Crippen LogP contribution in [0.4, 0.5) is 32.3 Å². The van der Waals surface area contributed by atoms with E-state index in [0.29, 0.717) is 12.0 Å². The second-order valence-corrected chi connectivity index (χ2v) is 8.19. The highest BCUT2D eigenvalue weighted by atomic mass is 19.4. The number of carboxylic acids is 2. The number of hydrogen-bond donors (Lipinski definition) is 3. The van der Waals surface area contributed by atoms with Crippen LogP contribution in [0.1, 0.15) is 39.5 Å². The predicted octanol–water partition coefficient (Wildman–Crippen LogP) is 3.58. The number of aromatic nitrogens is 2. The average Bonchev–Trinajstić information content (AvgIpc) is 3.16. The van der Waals surface area contributed by atoms with Gasteiger partial charge in [-0.05, 0) is 45.6 Å². The molecule has 9 nitrogen and oxygen atoms in total. The van der Waals surface area contributed by atoms with E-state index in [1.165, 1.54) is 25.8 Å². The molecule has 0 radical (unpaired) electrons. The number of anilines is 1. The number of hydrogen-bond acceptors (Lipinski definition) is 7. The van der Waals surface area contributed by atoms with Crippen LogP contribution in [0.3, 0.4) is 0 Å². The van der Waals surface area contributed by atoms with Crippen LogP contribution in [0, 0.1) is 0 Å². The van der Waals surface area contributed by atoms with Crippen LogP contribution in [0.5, 0.6) is 0 Å². The summed E-state index contributed by atoms with van der Waals surface area (Å²) >= 11 is 0. The van der Waals surface area contributed by atoms with Crippen molar-refractivity contribution in [3.05, 3.63) is 18.5 Å². The molecule has 200 valence electrons. The summed E-state index contributed by atoms with van der Waals surface area (Å²) in [4.78, 5) is 28.7. The van der Waals surface area contributed by atoms with Gasteiger partial charge in [0.15, 0.2) is 0 Å². The number of nitrogens with one attached hydrogen (secondary N) is 1. The zero-order valence-corrected chi connectivity index (χ0v) is 19.1. The second kappa shape index (κ2) is 12.9. The Hall–Kier alpha value is -2.68. The third kappa shape index (κ3) is 11.1. The molecule has 2 saturated heterocycles. The molecule has 0 amide bonds. The highest BCUT2D eigenvalue weighted by Gasteiger charge is 2.43. The minimum Gasteiger partial charge on any atom is -0.475 e. The summed E-state index contributed by atoms with van der Waals surface area (Å²) in [5, 5.41) is 17.5. The first-order valence-corrected chi connectivity index (χ1v) is 10.6. The largest absolute Gasteiger partial charge is 0.490 e. The van der Waals surface area contributed by atoms with E-state index in [1.807, 2.05) is 6.07 Å². The summed E-state index contributed by atoms with van der Waals surface area (Å²) in [6.45, 7) is 7.59. The Morgan fingerprint density at radius 1 is 1.11 bits per heavy atom. The zero-order valence-electron chi connectivity index (χ0n) is 19.1. The van der Waals surface area contributed by atoms with Gasteiger partial charge in [-0.25, -0.2) is 19.6 Å². The lowest BCUT2D eigenvalue weighted by Gasteiger charge is -2.39. The van der Waals surface area contributed by atoms with E-state index in [2.05, 4.69) is 34.0 Å². The Morgan fingerprint density at radius 2 is 1.63 bits per heavy atom. The van der Waals surface area contributed by atoms with Crippen molar-refractivity contribution in [2.45, 2.75) is 69.6 Å². The normalized spacial score (nSPS) is 22.6. The monoisotopic (exact) mass is 518 g/mol. The quantitative estimate of drug-likeness (QED) is 0.513. The highest BCUT2D eigenvalue weighted by molar-refractivity contribution is 5.73. The number of ether oxygens (including phenoxy) is 1. The fraction of sp³-hybridized carbons (Fsp3) is 0.700. The van der Waals surface area contributed by atoms with Gasteiger partial charge in [-0.15, -0.1) is 0 Å². The molecule has 0 unspecified atom stereocenters. The Bertz CT molecular complexity index is 785. The lowest BCUT2D eigenvalue weighted by atomic mass is 9.90. The molecule has 3 N–H and O–H groups in total. The molecule has 1 spiro atoms. The van der Waals surface area contributed by atoms with E-state index in [4.69, 9.17) is 24.5 Å². The van der Waals surface area contributed by atoms with E-state index in [0.717, 1.165) is 19.5 Å². The van der Waals surface area contributed by atoms with Crippen molar-refractivity contribution in [3.63, 3.8) is 0 Å². The Morgan fingerprint density at radius 3 is 2.06 bits per heavy atom.